The van der Waals surface area contributed by atoms with E-state index in [0.29, 0.717) is 5.56 Å². The van der Waals surface area contributed by atoms with Gasteiger partial charge in [-0.05, 0) is 46.0 Å². The van der Waals surface area contributed by atoms with E-state index in [9.17, 15) is 9.59 Å². The van der Waals surface area contributed by atoms with E-state index in [0.717, 1.165) is 36.8 Å². The van der Waals surface area contributed by atoms with Crippen LogP contribution in [-0.2, 0) is 9.31 Å². The minimum absolute atomic E-state index is 0.00224. The first-order valence-electron chi connectivity index (χ1n) is 10.8. The van der Waals surface area contributed by atoms with Crippen LogP contribution in [-0.4, -0.2) is 47.1 Å². The Hall–Kier alpha value is -2.12. The Morgan fingerprint density at radius 3 is 2.20 bits per heavy atom. The molecule has 7 heteroatoms. The number of carbonyl (C=O) groups excluding carboxylic acids is 2. The van der Waals surface area contributed by atoms with Gasteiger partial charge in [0.15, 0.2) is 5.78 Å². The number of nitrogens with one attached hydrogen (secondary N) is 1. The molecule has 3 fully saturated rings. The van der Waals surface area contributed by atoms with Gasteiger partial charge in [-0.25, -0.2) is 4.79 Å². The number of amides is 2. The summed E-state index contributed by atoms with van der Waals surface area (Å²) in [5.41, 5.74) is 0.968. The molecule has 30 heavy (non-hydrogen) atoms. The summed E-state index contributed by atoms with van der Waals surface area (Å²) in [6.07, 6.45) is 5.11. The molecule has 4 rings (SSSR count). The maximum absolute atomic E-state index is 12.9. The van der Waals surface area contributed by atoms with Gasteiger partial charge in [0.1, 0.15) is 0 Å². The third-order valence-corrected chi connectivity index (χ3v) is 7.24. The number of carbonyl (C=O) groups is 2. The van der Waals surface area contributed by atoms with Crippen molar-refractivity contribution in [2.24, 2.45) is 0 Å². The number of benzene rings is 1. The number of urea groups is 1. The molecule has 2 amide bonds. The Kier molecular flexibility index (Phi) is 5.10. The molecule has 0 radical (unpaired) electrons. The van der Waals surface area contributed by atoms with E-state index < -0.39 is 18.3 Å². The van der Waals surface area contributed by atoms with Crippen molar-refractivity contribution >= 4 is 24.4 Å². The molecule has 6 nitrogen and oxygen atoms in total. The molecule has 1 aromatic carbocycles. The van der Waals surface area contributed by atoms with Gasteiger partial charge in [0, 0.05) is 11.3 Å². The SMILES string of the molecule is C=C1N(CC(=O)c2ccc(B3OC(C)(C)C(C)(C)O3)cc2)C(=O)NC12CCCCC2. The topological polar surface area (TPSA) is 67.9 Å². The van der Waals surface area contributed by atoms with Gasteiger partial charge in [-0.15, -0.1) is 0 Å². The predicted octanol–water partition coefficient (Wildman–Crippen LogP) is 3.41. The van der Waals surface area contributed by atoms with Crippen molar-refractivity contribution in [3.05, 3.63) is 42.1 Å². The number of nitrogens with zero attached hydrogens (tertiary/aromatic N) is 1. The summed E-state index contributed by atoms with van der Waals surface area (Å²) in [5.74, 6) is -0.111. The Bertz CT molecular complexity index is 856. The summed E-state index contributed by atoms with van der Waals surface area (Å²) in [7, 11) is -0.463. The van der Waals surface area contributed by atoms with Crippen LogP contribution in [0.5, 0.6) is 0 Å². The zero-order valence-electron chi connectivity index (χ0n) is 18.4. The number of hydrogen-bond acceptors (Lipinski definition) is 4. The second kappa shape index (κ2) is 7.24. The second-order valence-corrected chi connectivity index (χ2v) is 9.74. The second-order valence-electron chi connectivity index (χ2n) is 9.74. The summed E-state index contributed by atoms with van der Waals surface area (Å²) >= 11 is 0. The maximum atomic E-state index is 12.9. The van der Waals surface area contributed by atoms with Gasteiger partial charge in [-0.3, -0.25) is 9.69 Å². The van der Waals surface area contributed by atoms with E-state index >= 15 is 0 Å². The van der Waals surface area contributed by atoms with Gasteiger partial charge in [0.05, 0.1) is 23.3 Å². The van der Waals surface area contributed by atoms with Crippen LogP contribution in [0.2, 0.25) is 0 Å². The predicted molar refractivity (Wildman–Crippen MR) is 117 cm³/mol. The van der Waals surface area contributed by atoms with Crippen LogP contribution in [0.4, 0.5) is 4.79 Å². The first-order chi connectivity index (χ1) is 14.0. The van der Waals surface area contributed by atoms with E-state index in [4.69, 9.17) is 9.31 Å². The molecular weight excluding hydrogens is 379 g/mol. The molecule has 3 aliphatic rings. The average Bonchev–Trinajstić information content (AvgIpc) is 3.05. The van der Waals surface area contributed by atoms with Crippen LogP contribution in [0.15, 0.2) is 36.5 Å². The number of ketones is 1. The Labute approximate surface area is 179 Å². The van der Waals surface area contributed by atoms with E-state index in [1.54, 1.807) is 12.1 Å². The van der Waals surface area contributed by atoms with Crippen LogP contribution < -0.4 is 10.8 Å². The fourth-order valence-electron chi connectivity index (χ4n) is 4.50. The number of rotatable bonds is 4. The molecule has 2 heterocycles. The fourth-order valence-corrected chi connectivity index (χ4v) is 4.50. The standard InChI is InChI=1S/C23H31BN2O4/c1-16-23(13-7-6-8-14-23)25-20(28)26(16)15-19(27)17-9-11-18(12-10-17)24-29-21(2,3)22(4,5)30-24/h9-12H,1,6-8,13-15H2,2-5H3,(H,25,28). The van der Waals surface area contributed by atoms with Crippen molar-refractivity contribution in [2.45, 2.75) is 76.5 Å². The highest BCUT2D eigenvalue weighted by atomic mass is 16.7. The van der Waals surface area contributed by atoms with Gasteiger partial charge in [-0.2, -0.15) is 0 Å². The quantitative estimate of drug-likeness (QED) is 0.610. The lowest BCUT2D eigenvalue weighted by Gasteiger charge is -2.34. The highest BCUT2D eigenvalue weighted by Crippen LogP contribution is 2.39. The fraction of sp³-hybridized carbons (Fsp3) is 0.565. The molecule has 0 bridgehead atoms. The molecule has 0 unspecified atom stereocenters. The molecule has 0 aromatic heterocycles. The zero-order valence-corrected chi connectivity index (χ0v) is 18.4. The lowest BCUT2D eigenvalue weighted by Crippen LogP contribution is -2.43. The third kappa shape index (κ3) is 3.48. The normalized spacial score (nSPS) is 24.4. The van der Waals surface area contributed by atoms with Crippen LogP contribution in [0.25, 0.3) is 0 Å². The lowest BCUT2D eigenvalue weighted by molar-refractivity contribution is 0.00578. The third-order valence-electron chi connectivity index (χ3n) is 7.24. The number of hydrogen-bond donors (Lipinski definition) is 1. The zero-order chi connectivity index (χ0) is 21.7. The molecule has 1 spiro atoms. The molecule has 2 saturated heterocycles. The van der Waals surface area contributed by atoms with Gasteiger partial charge in [0.2, 0.25) is 0 Å². The summed E-state index contributed by atoms with van der Waals surface area (Å²) in [4.78, 5) is 26.9. The van der Waals surface area contributed by atoms with Gasteiger partial charge in [0.25, 0.3) is 0 Å². The molecule has 1 aromatic rings. The molecule has 2 aliphatic heterocycles. The maximum Gasteiger partial charge on any atom is 0.494 e. The van der Waals surface area contributed by atoms with E-state index in [1.807, 2.05) is 39.8 Å². The smallest absolute Gasteiger partial charge is 0.399 e. The molecule has 1 saturated carbocycles. The van der Waals surface area contributed by atoms with Crippen molar-refractivity contribution in [3.63, 3.8) is 0 Å². The van der Waals surface area contributed by atoms with Crippen molar-refractivity contribution < 1.29 is 18.9 Å². The molecule has 1 N–H and O–H groups in total. The van der Waals surface area contributed by atoms with Crippen molar-refractivity contribution in [1.82, 2.24) is 10.2 Å². The van der Waals surface area contributed by atoms with Crippen molar-refractivity contribution in [1.29, 1.82) is 0 Å². The summed E-state index contributed by atoms with van der Waals surface area (Å²) in [5, 5.41) is 3.09. The van der Waals surface area contributed by atoms with Gasteiger partial charge in [-0.1, -0.05) is 50.1 Å². The van der Waals surface area contributed by atoms with Crippen molar-refractivity contribution in [3.8, 4) is 0 Å². The van der Waals surface area contributed by atoms with Crippen LogP contribution in [0.1, 0.15) is 70.2 Å². The number of Topliss-reactive ketones (excluding diaryl/α,β-unsaturated/α-hetero) is 1. The van der Waals surface area contributed by atoms with Crippen LogP contribution in [0, 0.1) is 0 Å². The summed E-state index contributed by atoms with van der Waals surface area (Å²) in [6.45, 7) is 12.2. The first-order valence-corrected chi connectivity index (χ1v) is 10.8. The Morgan fingerprint density at radius 2 is 1.63 bits per heavy atom. The summed E-state index contributed by atoms with van der Waals surface area (Å²) < 4.78 is 12.1. The monoisotopic (exact) mass is 410 g/mol. The van der Waals surface area contributed by atoms with E-state index in [1.165, 1.54) is 11.3 Å². The first kappa shape index (κ1) is 21.1. The summed E-state index contributed by atoms with van der Waals surface area (Å²) in [6, 6.07) is 7.04. The lowest BCUT2D eigenvalue weighted by atomic mass is 9.78. The highest BCUT2D eigenvalue weighted by Gasteiger charge is 2.51. The van der Waals surface area contributed by atoms with Crippen molar-refractivity contribution in [2.75, 3.05) is 6.54 Å². The largest absolute Gasteiger partial charge is 0.494 e. The van der Waals surface area contributed by atoms with Gasteiger partial charge < -0.3 is 14.6 Å². The Morgan fingerprint density at radius 1 is 1.07 bits per heavy atom. The van der Waals surface area contributed by atoms with E-state index in [2.05, 4.69) is 11.9 Å². The molecule has 160 valence electrons. The van der Waals surface area contributed by atoms with Crippen LogP contribution in [0.3, 0.4) is 0 Å². The minimum Gasteiger partial charge on any atom is -0.399 e. The molecule has 1 aliphatic carbocycles. The van der Waals surface area contributed by atoms with Crippen LogP contribution >= 0.6 is 0 Å². The minimum atomic E-state index is -0.463. The average molecular weight is 410 g/mol. The molecular formula is C23H31BN2O4. The Balaban J connectivity index is 1.44. The van der Waals surface area contributed by atoms with Gasteiger partial charge >= 0.3 is 13.1 Å². The van der Waals surface area contributed by atoms with E-state index in [-0.39, 0.29) is 23.9 Å². The highest BCUT2D eigenvalue weighted by molar-refractivity contribution is 6.62. The molecule has 0 atom stereocenters.